The van der Waals surface area contributed by atoms with Gasteiger partial charge in [-0.05, 0) is 6.92 Å². The second-order valence-electron chi connectivity index (χ2n) is 7.18. The molecule has 17 nitrogen and oxygen atoms in total. The second-order valence-corrected chi connectivity index (χ2v) is 11.6. The largest absolute Gasteiger partial charge is 0.490 e. The fourth-order valence-corrected chi connectivity index (χ4v) is 6.50. The van der Waals surface area contributed by atoms with Gasteiger partial charge in [0.25, 0.3) is 0 Å². The highest BCUT2D eigenvalue weighted by atomic mass is 31.3. The number of fused-ring (bicyclic) bond motifs is 1. The van der Waals surface area contributed by atoms with Gasteiger partial charge in [-0.2, -0.15) is 8.62 Å². The van der Waals surface area contributed by atoms with Crippen LogP contribution in [0.4, 0.5) is 5.82 Å². The van der Waals surface area contributed by atoms with E-state index in [1.54, 1.807) is 10.8 Å². The van der Waals surface area contributed by atoms with Crippen molar-refractivity contribution in [3.05, 3.63) is 18.1 Å². The Labute approximate surface area is 198 Å². The van der Waals surface area contributed by atoms with E-state index in [0.717, 1.165) is 0 Å². The van der Waals surface area contributed by atoms with Crippen molar-refractivity contribution >= 4 is 40.3 Å². The number of rotatable bonds is 12. The Morgan fingerprint density at radius 1 is 1.17 bits per heavy atom. The summed E-state index contributed by atoms with van der Waals surface area (Å²) in [5, 5.41) is 0.579. The van der Waals surface area contributed by atoms with Crippen LogP contribution < -0.4 is 5.73 Å². The number of methoxy groups -OCH3 is 1. The molecule has 20 heteroatoms. The summed E-state index contributed by atoms with van der Waals surface area (Å²) in [6, 6.07) is 0. The number of phosphoric ester groups is 1. The first-order valence-corrected chi connectivity index (χ1v) is 14.4. The average molecular weight is 562 g/mol. The lowest BCUT2D eigenvalue weighted by Gasteiger charge is -2.20. The van der Waals surface area contributed by atoms with E-state index < -0.39 is 48.5 Å². The van der Waals surface area contributed by atoms with E-state index >= 15 is 0 Å². The van der Waals surface area contributed by atoms with Gasteiger partial charge in [0.1, 0.15) is 30.1 Å². The van der Waals surface area contributed by atoms with Crippen molar-refractivity contribution in [2.75, 3.05) is 26.1 Å². The fourth-order valence-electron chi connectivity index (χ4n) is 3.47. The SMILES string of the molecule is CCOCc1cn([C@H]2CC(OC)[C@@H](COP(=O)(O)OP(=O)(O)OP(=O)(O)O)O2)c2ncnc(N)c12. The first-order chi connectivity index (χ1) is 16.3. The summed E-state index contributed by atoms with van der Waals surface area (Å²) in [7, 11) is -15.1. The van der Waals surface area contributed by atoms with Crippen LogP contribution in [0.5, 0.6) is 0 Å². The van der Waals surface area contributed by atoms with E-state index in [-0.39, 0.29) is 18.8 Å². The lowest BCUT2D eigenvalue weighted by Crippen LogP contribution is -2.27. The van der Waals surface area contributed by atoms with Crippen molar-refractivity contribution in [2.24, 2.45) is 0 Å². The maximum atomic E-state index is 12.0. The molecule has 0 bridgehead atoms. The van der Waals surface area contributed by atoms with Crippen LogP contribution in [0.25, 0.3) is 11.0 Å². The molecule has 2 aromatic heterocycles. The van der Waals surface area contributed by atoms with Crippen LogP contribution in [0.2, 0.25) is 0 Å². The molecule has 0 radical (unpaired) electrons. The van der Waals surface area contributed by atoms with Gasteiger partial charge in [0.15, 0.2) is 0 Å². The molecule has 3 rings (SSSR count). The van der Waals surface area contributed by atoms with Gasteiger partial charge < -0.3 is 44.1 Å². The van der Waals surface area contributed by atoms with Crippen molar-refractivity contribution in [3.8, 4) is 0 Å². The minimum atomic E-state index is -5.63. The first kappa shape index (κ1) is 28.3. The monoisotopic (exact) mass is 562 g/mol. The van der Waals surface area contributed by atoms with Gasteiger partial charge in [0.05, 0.1) is 24.7 Å². The zero-order valence-electron chi connectivity index (χ0n) is 18.4. The van der Waals surface area contributed by atoms with Crippen LogP contribution in [0.1, 0.15) is 25.1 Å². The third kappa shape index (κ3) is 7.37. The minimum absolute atomic E-state index is 0.244. The first-order valence-electron chi connectivity index (χ1n) is 9.89. The summed E-state index contributed by atoms with van der Waals surface area (Å²) in [5.41, 5.74) is 7.20. The number of hydrogen-bond acceptors (Lipinski definition) is 12. The maximum Gasteiger partial charge on any atom is 0.490 e. The van der Waals surface area contributed by atoms with Gasteiger partial charge in [-0.15, -0.1) is 0 Å². The number of nitrogen functional groups attached to an aromatic ring is 1. The maximum absolute atomic E-state index is 12.0. The molecule has 0 amide bonds. The topological polar surface area (TPSA) is 244 Å². The third-order valence-corrected chi connectivity index (χ3v) is 8.59. The molecule has 3 unspecified atom stereocenters. The molecule has 0 aromatic carbocycles. The van der Waals surface area contributed by atoms with E-state index in [1.807, 2.05) is 6.92 Å². The smallest absolute Gasteiger partial charge is 0.383 e. The van der Waals surface area contributed by atoms with Crippen LogP contribution in [0.3, 0.4) is 0 Å². The van der Waals surface area contributed by atoms with Gasteiger partial charge in [-0.25, -0.2) is 23.7 Å². The molecular weight excluding hydrogens is 537 g/mol. The number of phosphoric acid groups is 3. The predicted molar refractivity (Wildman–Crippen MR) is 116 cm³/mol. The molecule has 3 heterocycles. The molecule has 6 N–H and O–H groups in total. The van der Waals surface area contributed by atoms with Crippen LogP contribution in [0, 0.1) is 0 Å². The second kappa shape index (κ2) is 11.0. The Kier molecular flexibility index (Phi) is 8.88. The van der Waals surface area contributed by atoms with E-state index in [1.165, 1.54) is 13.4 Å². The molecule has 35 heavy (non-hydrogen) atoms. The fraction of sp³-hybridized carbons (Fsp3) is 0.600. The lowest BCUT2D eigenvalue weighted by molar-refractivity contribution is -0.0501. The summed E-state index contributed by atoms with van der Waals surface area (Å²) in [6.07, 6.45) is 0.979. The molecule has 1 aliphatic rings. The van der Waals surface area contributed by atoms with Crippen molar-refractivity contribution in [3.63, 3.8) is 0 Å². The summed E-state index contributed by atoms with van der Waals surface area (Å²) >= 11 is 0. The molecule has 0 saturated carbocycles. The Morgan fingerprint density at radius 2 is 1.89 bits per heavy atom. The van der Waals surface area contributed by atoms with E-state index in [0.29, 0.717) is 23.2 Å². The van der Waals surface area contributed by atoms with E-state index in [4.69, 9.17) is 29.7 Å². The molecule has 0 aliphatic carbocycles. The number of nitrogens with zero attached hydrogens (tertiary/aromatic N) is 3. The predicted octanol–water partition coefficient (Wildman–Crippen LogP) is 1.20. The van der Waals surface area contributed by atoms with E-state index in [9.17, 15) is 23.5 Å². The lowest BCUT2D eigenvalue weighted by atomic mass is 10.2. The number of anilines is 1. The quantitative estimate of drug-likeness (QED) is 0.228. The highest BCUT2D eigenvalue weighted by Crippen LogP contribution is 2.66. The Morgan fingerprint density at radius 3 is 2.51 bits per heavy atom. The molecule has 1 fully saturated rings. The minimum Gasteiger partial charge on any atom is -0.383 e. The molecule has 5 atom stereocenters. The Hall–Kier alpha value is -1.29. The number of hydrogen-bond donors (Lipinski definition) is 5. The summed E-state index contributed by atoms with van der Waals surface area (Å²) in [5.74, 6) is 0.244. The van der Waals surface area contributed by atoms with Gasteiger partial charge >= 0.3 is 23.5 Å². The van der Waals surface area contributed by atoms with Crippen LogP contribution in [-0.4, -0.2) is 66.6 Å². The van der Waals surface area contributed by atoms with Gasteiger partial charge in [-0.1, -0.05) is 0 Å². The molecule has 1 aliphatic heterocycles. The molecule has 2 aromatic rings. The van der Waals surface area contributed by atoms with Crippen molar-refractivity contribution in [1.82, 2.24) is 14.5 Å². The van der Waals surface area contributed by atoms with Crippen LogP contribution in [0.15, 0.2) is 12.5 Å². The average Bonchev–Trinajstić information content (AvgIpc) is 3.30. The van der Waals surface area contributed by atoms with Crippen LogP contribution in [-0.2, 0) is 47.7 Å². The van der Waals surface area contributed by atoms with Gasteiger partial charge in [0.2, 0.25) is 0 Å². The van der Waals surface area contributed by atoms with Crippen molar-refractivity contribution in [1.29, 1.82) is 0 Å². The standard InChI is InChI=1S/C15H25N4O13P3/c1-3-28-6-9-5-19(15-13(9)14(16)17-8-18-15)12-4-10(27-2)11(30-12)7-29-34(23,24)32-35(25,26)31-33(20,21)22/h5,8,10-12H,3-4,6-7H2,1-2H3,(H,23,24)(H,25,26)(H2,16,17,18)(H2,20,21,22)/t10?,11-,12-/m1/s1. The number of aromatic nitrogens is 3. The third-order valence-electron chi connectivity index (χ3n) is 4.79. The van der Waals surface area contributed by atoms with E-state index in [2.05, 4.69) is 23.1 Å². The number of ether oxygens (including phenoxy) is 3. The summed E-state index contributed by atoms with van der Waals surface area (Å²) in [4.78, 5) is 44.4. The van der Waals surface area contributed by atoms with Gasteiger partial charge in [-0.3, -0.25) is 4.52 Å². The number of nitrogens with two attached hydrogens (primary N) is 1. The molecule has 0 spiro atoms. The Bertz CT molecular complexity index is 1190. The zero-order chi connectivity index (χ0) is 26.0. The molecular formula is C15H25N4O13P3. The highest BCUT2D eigenvalue weighted by molar-refractivity contribution is 7.66. The summed E-state index contributed by atoms with van der Waals surface area (Å²) in [6.45, 7) is 1.90. The highest BCUT2D eigenvalue weighted by Gasteiger charge is 2.43. The zero-order valence-corrected chi connectivity index (χ0v) is 21.1. The Balaban J connectivity index is 1.75. The van der Waals surface area contributed by atoms with Crippen molar-refractivity contribution in [2.45, 2.75) is 38.4 Å². The normalized spacial score (nSPS) is 24.5. The van der Waals surface area contributed by atoms with Crippen LogP contribution >= 0.6 is 23.5 Å². The molecule has 198 valence electrons. The summed E-state index contributed by atoms with van der Waals surface area (Å²) < 4.78 is 64.8. The molecule has 1 saturated heterocycles. The van der Waals surface area contributed by atoms with Crippen molar-refractivity contribution < 1.29 is 60.6 Å². The van der Waals surface area contributed by atoms with Gasteiger partial charge in [0, 0.05) is 31.9 Å².